The lowest BCUT2D eigenvalue weighted by Gasteiger charge is -2.22. The van der Waals surface area contributed by atoms with Crippen molar-refractivity contribution in [2.45, 2.75) is 25.4 Å². The summed E-state index contributed by atoms with van der Waals surface area (Å²) in [7, 11) is 0. The first-order valence-electron chi connectivity index (χ1n) is 7.72. The molecule has 0 saturated carbocycles. The molecule has 0 bridgehead atoms. The average Bonchev–Trinajstić information content (AvgIpc) is 2.99. The van der Waals surface area contributed by atoms with Crippen LogP contribution in [0.1, 0.15) is 18.4 Å². The third kappa shape index (κ3) is 4.26. The van der Waals surface area contributed by atoms with Gasteiger partial charge in [-0.1, -0.05) is 23.7 Å². The minimum absolute atomic E-state index is 0.144. The van der Waals surface area contributed by atoms with Crippen molar-refractivity contribution in [3.05, 3.63) is 47.2 Å². The summed E-state index contributed by atoms with van der Waals surface area (Å²) in [5, 5.41) is 13.0. The van der Waals surface area contributed by atoms with E-state index in [0.717, 1.165) is 12.0 Å². The Balaban J connectivity index is 1.54. The Labute approximate surface area is 144 Å². The SMILES string of the molecule is O=C(Nc1cnn(Cc2ccc(Cl)cc2)c1)NC1CCCNC1=O. The Kier molecular flexibility index (Phi) is 5.00. The second-order valence-electron chi connectivity index (χ2n) is 5.64. The summed E-state index contributed by atoms with van der Waals surface area (Å²) in [6.45, 7) is 1.24. The zero-order valence-electron chi connectivity index (χ0n) is 13.0. The Bertz CT molecular complexity index is 728. The van der Waals surface area contributed by atoms with Gasteiger partial charge >= 0.3 is 6.03 Å². The number of urea groups is 1. The van der Waals surface area contributed by atoms with Crippen LogP contribution in [0.25, 0.3) is 0 Å². The second kappa shape index (κ2) is 7.35. The highest BCUT2D eigenvalue weighted by Gasteiger charge is 2.23. The maximum atomic E-state index is 12.0. The van der Waals surface area contributed by atoms with Crippen LogP contribution >= 0.6 is 11.6 Å². The van der Waals surface area contributed by atoms with Crippen LogP contribution in [-0.2, 0) is 11.3 Å². The normalized spacial score (nSPS) is 17.2. The number of piperidine rings is 1. The van der Waals surface area contributed by atoms with Crippen molar-refractivity contribution in [3.63, 3.8) is 0 Å². The van der Waals surface area contributed by atoms with Gasteiger partial charge in [0.1, 0.15) is 6.04 Å². The highest BCUT2D eigenvalue weighted by molar-refractivity contribution is 6.30. The van der Waals surface area contributed by atoms with E-state index < -0.39 is 12.1 Å². The Morgan fingerprint density at radius 1 is 1.38 bits per heavy atom. The number of amides is 3. The number of carbonyl (C=O) groups is 2. The van der Waals surface area contributed by atoms with Gasteiger partial charge in [0.05, 0.1) is 18.4 Å². The number of anilines is 1. The van der Waals surface area contributed by atoms with Gasteiger partial charge in [-0.05, 0) is 30.5 Å². The number of hydrogen-bond donors (Lipinski definition) is 3. The van der Waals surface area contributed by atoms with Crippen molar-refractivity contribution in [1.82, 2.24) is 20.4 Å². The molecular formula is C16H18ClN5O2. The summed E-state index contributed by atoms with van der Waals surface area (Å²) in [6, 6.07) is 6.59. The highest BCUT2D eigenvalue weighted by atomic mass is 35.5. The maximum Gasteiger partial charge on any atom is 0.319 e. The number of aromatic nitrogens is 2. The number of halogens is 1. The standard InChI is InChI=1S/C16H18ClN5O2/c17-12-5-3-11(4-6-12)9-22-10-13(8-19-22)20-16(24)21-14-2-1-7-18-15(14)23/h3-6,8,10,14H,1-2,7,9H2,(H,18,23)(H2,20,21,24). The smallest absolute Gasteiger partial charge is 0.319 e. The molecule has 3 amide bonds. The van der Waals surface area contributed by atoms with Crippen molar-refractivity contribution < 1.29 is 9.59 Å². The molecule has 2 heterocycles. The van der Waals surface area contributed by atoms with Crippen LogP contribution in [0.4, 0.5) is 10.5 Å². The van der Waals surface area contributed by atoms with Gasteiger partial charge < -0.3 is 16.0 Å². The molecule has 1 aliphatic heterocycles. The van der Waals surface area contributed by atoms with E-state index in [-0.39, 0.29) is 5.91 Å². The van der Waals surface area contributed by atoms with Crippen LogP contribution in [0.3, 0.4) is 0 Å². The van der Waals surface area contributed by atoms with Crippen molar-refractivity contribution in [2.24, 2.45) is 0 Å². The third-order valence-corrected chi connectivity index (χ3v) is 3.99. The molecule has 126 valence electrons. The summed E-state index contributed by atoms with van der Waals surface area (Å²) in [5.74, 6) is -0.144. The van der Waals surface area contributed by atoms with E-state index in [4.69, 9.17) is 11.6 Å². The van der Waals surface area contributed by atoms with Gasteiger partial charge in [-0.3, -0.25) is 9.48 Å². The van der Waals surface area contributed by atoms with Gasteiger partial charge in [-0.15, -0.1) is 0 Å². The zero-order chi connectivity index (χ0) is 16.9. The van der Waals surface area contributed by atoms with Gasteiger partial charge in [0.2, 0.25) is 5.91 Å². The van der Waals surface area contributed by atoms with E-state index in [1.807, 2.05) is 24.3 Å². The minimum Gasteiger partial charge on any atom is -0.354 e. The van der Waals surface area contributed by atoms with Crippen LogP contribution in [0, 0.1) is 0 Å². The van der Waals surface area contributed by atoms with Crippen LogP contribution < -0.4 is 16.0 Å². The fraction of sp³-hybridized carbons (Fsp3) is 0.312. The second-order valence-corrected chi connectivity index (χ2v) is 6.07. The molecule has 3 N–H and O–H groups in total. The van der Waals surface area contributed by atoms with Crippen LogP contribution in [0.5, 0.6) is 0 Å². The molecule has 7 nitrogen and oxygen atoms in total. The highest BCUT2D eigenvalue weighted by Crippen LogP contribution is 2.12. The predicted octanol–water partition coefficient (Wildman–Crippen LogP) is 1.98. The zero-order valence-corrected chi connectivity index (χ0v) is 13.7. The molecule has 1 aromatic heterocycles. The fourth-order valence-electron chi connectivity index (χ4n) is 2.53. The Morgan fingerprint density at radius 2 is 2.17 bits per heavy atom. The van der Waals surface area contributed by atoms with E-state index in [9.17, 15) is 9.59 Å². The molecule has 1 saturated heterocycles. The lowest BCUT2D eigenvalue weighted by molar-refractivity contribution is -0.124. The predicted molar refractivity (Wildman–Crippen MR) is 91.0 cm³/mol. The number of rotatable bonds is 4. The molecule has 8 heteroatoms. The van der Waals surface area contributed by atoms with E-state index in [2.05, 4.69) is 21.0 Å². The first-order valence-corrected chi connectivity index (χ1v) is 8.10. The molecule has 1 fully saturated rings. The first kappa shape index (κ1) is 16.3. The summed E-state index contributed by atoms with van der Waals surface area (Å²) in [4.78, 5) is 23.6. The van der Waals surface area contributed by atoms with E-state index in [1.165, 1.54) is 0 Å². The Hall–Kier alpha value is -2.54. The lowest BCUT2D eigenvalue weighted by atomic mass is 10.1. The molecule has 3 rings (SSSR count). The molecular weight excluding hydrogens is 330 g/mol. The first-order chi connectivity index (χ1) is 11.6. The van der Waals surface area contributed by atoms with Gasteiger partial charge in [-0.2, -0.15) is 5.10 Å². The largest absolute Gasteiger partial charge is 0.354 e. The number of nitrogens with one attached hydrogen (secondary N) is 3. The summed E-state index contributed by atoms with van der Waals surface area (Å²) in [5.41, 5.74) is 1.62. The number of hydrogen-bond acceptors (Lipinski definition) is 3. The van der Waals surface area contributed by atoms with Gasteiger partial charge in [0, 0.05) is 17.8 Å². The molecule has 0 spiro atoms. The minimum atomic E-state index is -0.483. The molecule has 1 unspecified atom stereocenters. The van der Waals surface area contributed by atoms with Crippen molar-refractivity contribution in [1.29, 1.82) is 0 Å². The van der Waals surface area contributed by atoms with E-state index >= 15 is 0 Å². The molecule has 1 aliphatic rings. The molecule has 0 radical (unpaired) electrons. The molecule has 24 heavy (non-hydrogen) atoms. The number of nitrogens with zero attached hydrogens (tertiary/aromatic N) is 2. The summed E-state index contributed by atoms with van der Waals surface area (Å²) in [6.07, 6.45) is 4.80. The third-order valence-electron chi connectivity index (χ3n) is 3.74. The maximum absolute atomic E-state index is 12.0. The summed E-state index contributed by atoms with van der Waals surface area (Å²) < 4.78 is 1.71. The topological polar surface area (TPSA) is 88.1 Å². The number of carbonyl (C=O) groups excluding carboxylic acids is 2. The molecule has 1 atom stereocenters. The van der Waals surface area contributed by atoms with Crippen LogP contribution in [0.2, 0.25) is 5.02 Å². The summed E-state index contributed by atoms with van der Waals surface area (Å²) >= 11 is 5.86. The van der Waals surface area contributed by atoms with Crippen molar-refractivity contribution in [2.75, 3.05) is 11.9 Å². The van der Waals surface area contributed by atoms with E-state index in [0.29, 0.717) is 30.2 Å². The lowest BCUT2D eigenvalue weighted by Crippen LogP contribution is -2.51. The van der Waals surface area contributed by atoms with Crippen LogP contribution in [0.15, 0.2) is 36.7 Å². The van der Waals surface area contributed by atoms with Gasteiger partial charge in [-0.25, -0.2) is 4.79 Å². The van der Waals surface area contributed by atoms with E-state index in [1.54, 1.807) is 17.1 Å². The van der Waals surface area contributed by atoms with Crippen molar-refractivity contribution in [3.8, 4) is 0 Å². The monoisotopic (exact) mass is 347 g/mol. The quantitative estimate of drug-likeness (QED) is 0.790. The average molecular weight is 348 g/mol. The van der Waals surface area contributed by atoms with Crippen molar-refractivity contribution >= 4 is 29.2 Å². The number of benzene rings is 1. The molecule has 2 aromatic rings. The van der Waals surface area contributed by atoms with Gasteiger partial charge in [0.25, 0.3) is 0 Å². The van der Waals surface area contributed by atoms with Gasteiger partial charge in [0.15, 0.2) is 0 Å². The molecule has 0 aliphatic carbocycles. The molecule has 1 aromatic carbocycles. The fourth-order valence-corrected chi connectivity index (χ4v) is 2.65. The Morgan fingerprint density at radius 3 is 2.92 bits per heavy atom. The van der Waals surface area contributed by atoms with Crippen LogP contribution in [-0.4, -0.2) is 34.3 Å².